The van der Waals surface area contributed by atoms with Crippen molar-refractivity contribution in [3.8, 4) is 16.9 Å². The summed E-state index contributed by atoms with van der Waals surface area (Å²) in [5, 5.41) is 8.73. The Labute approximate surface area is 178 Å². The zero-order valence-corrected chi connectivity index (χ0v) is 16.9. The smallest absolute Gasteiger partial charge is 0.270 e. The Morgan fingerprint density at radius 2 is 1.66 bits per heavy atom. The Hall–Kier alpha value is -3.08. The van der Waals surface area contributed by atoms with Gasteiger partial charge in [0.1, 0.15) is 5.69 Å². The summed E-state index contributed by atoms with van der Waals surface area (Å²) < 4.78 is 1.59. The van der Waals surface area contributed by atoms with Gasteiger partial charge in [-0.3, -0.25) is 4.79 Å². The van der Waals surface area contributed by atoms with Gasteiger partial charge >= 0.3 is 0 Å². The van der Waals surface area contributed by atoms with Crippen LogP contribution in [0, 0.1) is 0 Å². The Kier molecular flexibility index (Phi) is 5.65. The first kappa shape index (κ1) is 19.2. The summed E-state index contributed by atoms with van der Waals surface area (Å²) >= 11 is 12.5. The van der Waals surface area contributed by atoms with Gasteiger partial charge in [-0.05, 0) is 35.9 Å². The van der Waals surface area contributed by atoms with Gasteiger partial charge in [0.25, 0.3) is 5.91 Å². The molecule has 1 heterocycles. The molecular formula is C23H17Cl2N3O. The molecule has 0 unspecified atom stereocenters. The number of halogens is 2. The summed E-state index contributed by atoms with van der Waals surface area (Å²) in [7, 11) is 0. The highest BCUT2D eigenvalue weighted by molar-refractivity contribution is 6.33. The molecule has 0 spiro atoms. The fourth-order valence-electron chi connectivity index (χ4n) is 3.02. The number of nitrogens with zero attached hydrogens (tertiary/aromatic N) is 2. The van der Waals surface area contributed by atoms with Crippen molar-refractivity contribution in [2.24, 2.45) is 0 Å². The van der Waals surface area contributed by atoms with E-state index >= 15 is 0 Å². The maximum atomic E-state index is 13.0. The molecule has 4 aromatic rings. The normalized spacial score (nSPS) is 10.7. The van der Waals surface area contributed by atoms with Gasteiger partial charge in [-0.1, -0.05) is 77.8 Å². The minimum absolute atomic E-state index is 0.236. The summed E-state index contributed by atoms with van der Waals surface area (Å²) in [6.45, 7) is 0.418. The van der Waals surface area contributed by atoms with Crippen molar-refractivity contribution < 1.29 is 4.79 Å². The number of carbonyl (C=O) groups excluding carboxylic acids is 1. The van der Waals surface area contributed by atoms with Gasteiger partial charge < -0.3 is 5.32 Å². The van der Waals surface area contributed by atoms with Gasteiger partial charge in [-0.2, -0.15) is 5.10 Å². The van der Waals surface area contributed by atoms with Crippen molar-refractivity contribution in [1.82, 2.24) is 15.1 Å². The maximum absolute atomic E-state index is 13.0. The standard InChI is InChI=1S/C23H17Cl2N3O/c24-17-9-6-10-18(13-17)28-22(23(29)26-15-16-7-2-1-3-8-16)14-21(27-28)19-11-4-5-12-20(19)25/h1-14H,15H2,(H,26,29). The lowest BCUT2D eigenvalue weighted by Crippen LogP contribution is -2.25. The molecule has 6 heteroatoms. The fraction of sp³-hybridized carbons (Fsp3) is 0.0435. The molecule has 3 aromatic carbocycles. The molecule has 0 aliphatic rings. The molecule has 4 rings (SSSR count). The molecule has 29 heavy (non-hydrogen) atoms. The molecule has 1 N–H and O–H groups in total. The molecule has 0 bridgehead atoms. The van der Waals surface area contributed by atoms with Crippen molar-refractivity contribution in [2.75, 3.05) is 0 Å². The van der Waals surface area contributed by atoms with Crippen molar-refractivity contribution in [2.45, 2.75) is 6.54 Å². The number of benzene rings is 3. The predicted octanol–water partition coefficient (Wildman–Crippen LogP) is 5.78. The van der Waals surface area contributed by atoms with E-state index in [2.05, 4.69) is 10.4 Å². The first-order valence-corrected chi connectivity index (χ1v) is 9.80. The maximum Gasteiger partial charge on any atom is 0.270 e. The number of nitrogens with one attached hydrogen (secondary N) is 1. The van der Waals surface area contributed by atoms with Crippen LogP contribution in [0.15, 0.2) is 84.9 Å². The van der Waals surface area contributed by atoms with Crippen molar-refractivity contribution in [1.29, 1.82) is 0 Å². The van der Waals surface area contributed by atoms with Gasteiger partial charge in [0.2, 0.25) is 0 Å². The van der Waals surface area contributed by atoms with E-state index in [9.17, 15) is 4.79 Å². The van der Waals surface area contributed by atoms with Crippen molar-refractivity contribution in [3.05, 3.63) is 106 Å². The molecular weight excluding hydrogens is 405 g/mol. The Bertz CT molecular complexity index is 1160. The molecule has 0 aliphatic heterocycles. The average molecular weight is 422 g/mol. The van der Waals surface area contributed by atoms with Crippen molar-refractivity contribution >= 4 is 29.1 Å². The van der Waals surface area contributed by atoms with Crippen LogP contribution in [0.1, 0.15) is 16.1 Å². The van der Waals surface area contributed by atoms with Crippen molar-refractivity contribution in [3.63, 3.8) is 0 Å². The lowest BCUT2D eigenvalue weighted by atomic mass is 10.1. The van der Waals surface area contributed by atoms with E-state index in [1.54, 1.807) is 28.9 Å². The van der Waals surface area contributed by atoms with Crippen LogP contribution in [0.25, 0.3) is 16.9 Å². The lowest BCUT2D eigenvalue weighted by Gasteiger charge is -2.09. The predicted molar refractivity (Wildman–Crippen MR) is 117 cm³/mol. The number of rotatable bonds is 5. The molecule has 1 amide bonds. The first-order chi connectivity index (χ1) is 14.1. The third-order valence-electron chi connectivity index (χ3n) is 4.44. The quantitative estimate of drug-likeness (QED) is 0.444. The van der Waals surface area contributed by atoms with Gasteiger partial charge in [0.05, 0.1) is 16.4 Å². The van der Waals surface area contributed by atoms with E-state index in [0.717, 1.165) is 11.1 Å². The second-order valence-electron chi connectivity index (χ2n) is 6.45. The Balaban J connectivity index is 1.72. The lowest BCUT2D eigenvalue weighted by molar-refractivity contribution is 0.0943. The summed E-state index contributed by atoms with van der Waals surface area (Å²) in [5.74, 6) is -0.236. The highest BCUT2D eigenvalue weighted by atomic mass is 35.5. The Morgan fingerprint density at radius 3 is 2.41 bits per heavy atom. The molecule has 4 nitrogen and oxygen atoms in total. The van der Waals surface area contributed by atoms with Crippen LogP contribution in [-0.2, 0) is 6.54 Å². The second kappa shape index (κ2) is 8.52. The molecule has 0 aliphatic carbocycles. The third-order valence-corrected chi connectivity index (χ3v) is 5.01. The summed E-state index contributed by atoms with van der Waals surface area (Å²) in [5.41, 5.74) is 3.48. The molecule has 1 aromatic heterocycles. The average Bonchev–Trinajstić information content (AvgIpc) is 3.18. The van der Waals surface area contributed by atoms with Gasteiger partial charge in [0.15, 0.2) is 0 Å². The van der Waals surface area contributed by atoms with Gasteiger partial charge in [-0.15, -0.1) is 0 Å². The van der Waals surface area contributed by atoms with E-state index in [-0.39, 0.29) is 5.91 Å². The molecule has 144 valence electrons. The third kappa shape index (κ3) is 4.34. The van der Waals surface area contributed by atoms with E-state index in [1.165, 1.54) is 0 Å². The summed E-state index contributed by atoms with van der Waals surface area (Å²) in [6, 6.07) is 26.1. The van der Waals surface area contributed by atoms with Crippen LogP contribution in [0.2, 0.25) is 10.0 Å². The summed E-state index contributed by atoms with van der Waals surface area (Å²) in [4.78, 5) is 13.0. The van der Waals surface area contributed by atoms with E-state index < -0.39 is 0 Å². The van der Waals surface area contributed by atoms with E-state index in [4.69, 9.17) is 23.2 Å². The summed E-state index contributed by atoms with van der Waals surface area (Å²) in [6.07, 6.45) is 0. The van der Waals surface area contributed by atoms with E-state index in [1.807, 2.05) is 60.7 Å². The number of aromatic nitrogens is 2. The number of hydrogen-bond acceptors (Lipinski definition) is 2. The van der Waals surface area contributed by atoms with Crippen LogP contribution < -0.4 is 5.32 Å². The molecule has 0 saturated heterocycles. The van der Waals surface area contributed by atoms with Crippen LogP contribution >= 0.6 is 23.2 Å². The van der Waals surface area contributed by atoms with Crippen LogP contribution in [0.4, 0.5) is 0 Å². The van der Waals surface area contributed by atoms with Crippen LogP contribution in [0.3, 0.4) is 0 Å². The number of amides is 1. The monoisotopic (exact) mass is 421 g/mol. The number of hydrogen-bond donors (Lipinski definition) is 1. The second-order valence-corrected chi connectivity index (χ2v) is 7.30. The van der Waals surface area contributed by atoms with E-state index in [0.29, 0.717) is 33.7 Å². The zero-order chi connectivity index (χ0) is 20.2. The largest absolute Gasteiger partial charge is 0.347 e. The van der Waals surface area contributed by atoms with Gasteiger partial charge in [-0.25, -0.2) is 4.68 Å². The first-order valence-electron chi connectivity index (χ1n) is 9.05. The van der Waals surface area contributed by atoms with Crippen LogP contribution in [-0.4, -0.2) is 15.7 Å². The molecule has 0 saturated carbocycles. The number of carbonyl (C=O) groups is 1. The molecule has 0 fully saturated rings. The highest BCUT2D eigenvalue weighted by Gasteiger charge is 2.19. The fourth-order valence-corrected chi connectivity index (χ4v) is 3.43. The van der Waals surface area contributed by atoms with Crippen LogP contribution in [0.5, 0.6) is 0 Å². The topological polar surface area (TPSA) is 46.9 Å². The zero-order valence-electron chi connectivity index (χ0n) is 15.3. The highest BCUT2D eigenvalue weighted by Crippen LogP contribution is 2.28. The SMILES string of the molecule is O=C(NCc1ccccc1)c1cc(-c2ccccc2Cl)nn1-c1cccc(Cl)c1. The molecule has 0 atom stereocenters. The molecule has 0 radical (unpaired) electrons. The Morgan fingerprint density at radius 1 is 0.897 bits per heavy atom. The minimum atomic E-state index is -0.236. The minimum Gasteiger partial charge on any atom is -0.347 e. The van der Waals surface area contributed by atoms with Gasteiger partial charge in [0, 0.05) is 17.1 Å².